The van der Waals surface area contributed by atoms with E-state index in [1.54, 1.807) is 0 Å². The van der Waals surface area contributed by atoms with E-state index in [2.05, 4.69) is 68.3 Å². The Bertz CT molecular complexity index is 587. The van der Waals surface area contributed by atoms with Gasteiger partial charge >= 0.3 is 0 Å². The minimum atomic E-state index is 0.211. The number of hydrogen-bond acceptors (Lipinski definition) is 2. The van der Waals surface area contributed by atoms with Gasteiger partial charge in [-0.3, -0.25) is 5.01 Å². The lowest BCUT2D eigenvalue weighted by Crippen LogP contribution is -2.17. The van der Waals surface area contributed by atoms with Gasteiger partial charge in [0, 0.05) is 12.9 Å². The fourth-order valence-corrected chi connectivity index (χ4v) is 2.45. The zero-order valence-electron chi connectivity index (χ0n) is 12.7. The molecule has 0 N–H and O–H groups in total. The average Bonchev–Trinajstić information content (AvgIpc) is 2.56. The smallest absolute Gasteiger partial charge is 0.0765 e. The van der Waals surface area contributed by atoms with E-state index in [9.17, 15) is 0 Å². The molecule has 0 saturated carbocycles. The van der Waals surface area contributed by atoms with E-state index in [1.807, 2.05) is 29.3 Å². The molecule has 2 nitrogen and oxygen atoms in total. The second kappa shape index (κ2) is 7.44. The van der Waals surface area contributed by atoms with Gasteiger partial charge in [-0.2, -0.15) is 5.10 Å². The lowest BCUT2D eigenvalue weighted by atomic mass is 10.0. The van der Waals surface area contributed by atoms with Crippen molar-refractivity contribution in [2.45, 2.75) is 26.3 Å². The number of hydrogen-bond donors (Lipinski definition) is 0. The van der Waals surface area contributed by atoms with Crippen LogP contribution in [0.25, 0.3) is 5.57 Å². The average molecular weight is 278 g/mol. The van der Waals surface area contributed by atoms with E-state index in [0.29, 0.717) is 0 Å². The third-order valence-electron chi connectivity index (χ3n) is 3.61. The number of hydrazone groups is 1. The summed E-state index contributed by atoms with van der Waals surface area (Å²) in [6.07, 6.45) is 3.05. The van der Waals surface area contributed by atoms with Crippen molar-refractivity contribution in [2.75, 3.05) is 0 Å². The molecule has 0 heterocycles. The molecule has 1 unspecified atom stereocenters. The summed E-state index contributed by atoms with van der Waals surface area (Å²) in [4.78, 5) is 0. The Morgan fingerprint density at radius 3 is 2.19 bits per heavy atom. The molecule has 0 saturated heterocycles. The Morgan fingerprint density at radius 1 is 1.10 bits per heavy atom. The lowest BCUT2D eigenvalue weighted by molar-refractivity contribution is 0.289. The molecule has 0 aliphatic rings. The van der Waals surface area contributed by atoms with Crippen LogP contribution < -0.4 is 0 Å². The first-order chi connectivity index (χ1) is 10.3. The minimum absolute atomic E-state index is 0.211. The summed E-state index contributed by atoms with van der Waals surface area (Å²) in [6.45, 7) is 8.00. The van der Waals surface area contributed by atoms with E-state index < -0.39 is 0 Å². The molecule has 0 aliphatic heterocycles. The predicted molar refractivity (Wildman–Crippen MR) is 91.0 cm³/mol. The summed E-state index contributed by atoms with van der Waals surface area (Å²) in [7, 11) is 0. The highest BCUT2D eigenvalue weighted by atomic mass is 15.4. The quantitative estimate of drug-likeness (QED) is 0.529. The topological polar surface area (TPSA) is 15.6 Å². The molecule has 0 fully saturated rings. The maximum absolute atomic E-state index is 4.21. The first-order valence-corrected chi connectivity index (χ1v) is 7.30. The van der Waals surface area contributed by atoms with E-state index in [0.717, 1.165) is 6.42 Å². The summed E-state index contributed by atoms with van der Waals surface area (Å²) in [6, 6.07) is 21.0. The Labute approximate surface area is 127 Å². The van der Waals surface area contributed by atoms with Gasteiger partial charge in [0.25, 0.3) is 0 Å². The van der Waals surface area contributed by atoms with E-state index >= 15 is 0 Å². The maximum Gasteiger partial charge on any atom is 0.0765 e. The van der Waals surface area contributed by atoms with Crippen LogP contribution in [0, 0.1) is 0 Å². The second-order valence-electron chi connectivity index (χ2n) is 5.03. The van der Waals surface area contributed by atoms with Crippen LogP contribution in [-0.2, 0) is 0 Å². The number of rotatable bonds is 6. The lowest BCUT2D eigenvalue weighted by Gasteiger charge is -2.26. The highest BCUT2D eigenvalue weighted by Crippen LogP contribution is 2.26. The first-order valence-electron chi connectivity index (χ1n) is 7.30. The largest absolute Gasteiger partial charge is 0.266 e. The Morgan fingerprint density at radius 2 is 1.67 bits per heavy atom. The predicted octanol–water partition coefficient (Wildman–Crippen LogP) is 5.12. The van der Waals surface area contributed by atoms with E-state index in [4.69, 9.17) is 0 Å². The van der Waals surface area contributed by atoms with Crippen molar-refractivity contribution in [1.82, 2.24) is 5.01 Å². The third kappa shape index (κ3) is 3.82. The van der Waals surface area contributed by atoms with Gasteiger partial charge in [-0.15, -0.1) is 0 Å². The van der Waals surface area contributed by atoms with Crippen molar-refractivity contribution in [3.05, 3.63) is 78.0 Å². The molecule has 0 amide bonds. The summed E-state index contributed by atoms with van der Waals surface area (Å²) in [5.41, 5.74) is 3.64. The fraction of sp³-hybridized carbons (Fsp3) is 0.211. The zero-order chi connectivity index (χ0) is 15.1. The molecule has 2 aromatic rings. The third-order valence-corrected chi connectivity index (χ3v) is 3.61. The van der Waals surface area contributed by atoms with Crippen LogP contribution in [-0.4, -0.2) is 11.7 Å². The molecule has 1 atom stereocenters. The monoisotopic (exact) mass is 278 g/mol. The first kappa shape index (κ1) is 15.0. The van der Waals surface area contributed by atoms with Crippen molar-refractivity contribution < 1.29 is 0 Å². The summed E-state index contributed by atoms with van der Waals surface area (Å²) >= 11 is 0. The Balaban J connectivity index is 2.28. The molecule has 2 heteroatoms. The van der Waals surface area contributed by atoms with Gasteiger partial charge < -0.3 is 0 Å². The molecule has 0 spiro atoms. The summed E-state index contributed by atoms with van der Waals surface area (Å²) in [5.74, 6) is 0. The molecule has 21 heavy (non-hydrogen) atoms. The van der Waals surface area contributed by atoms with Crippen LogP contribution in [0.2, 0.25) is 0 Å². The number of allylic oxidation sites excluding steroid dienone is 1. The minimum Gasteiger partial charge on any atom is -0.266 e. The van der Waals surface area contributed by atoms with Crippen LogP contribution in [0.5, 0.6) is 0 Å². The highest BCUT2D eigenvalue weighted by molar-refractivity contribution is 5.63. The van der Waals surface area contributed by atoms with E-state index in [-0.39, 0.29) is 6.04 Å². The fourth-order valence-electron chi connectivity index (χ4n) is 2.45. The molecule has 0 aliphatic carbocycles. The van der Waals surface area contributed by atoms with Crippen molar-refractivity contribution in [1.29, 1.82) is 0 Å². The van der Waals surface area contributed by atoms with Crippen molar-refractivity contribution in [2.24, 2.45) is 5.10 Å². The van der Waals surface area contributed by atoms with Crippen LogP contribution >= 0.6 is 0 Å². The Kier molecular flexibility index (Phi) is 5.33. The second-order valence-corrected chi connectivity index (χ2v) is 5.03. The van der Waals surface area contributed by atoms with Gasteiger partial charge in [0.1, 0.15) is 0 Å². The molecule has 0 bridgehead atoms. The molecule has 108 valence electrons. The van der Waals surface area contributed by atoms with Crippen molar-refractivity contribution in [3.8, 4) is 0 Å². The van der Waals surface area contributed by atoms with Crippen LogP contribution in [0.3, 0.4) is 0 Å². The van der Waals surface area contributed by atoms with E-state index in [1.165, 1.54) is 16.7 Å². The number of benzene rings is 2. The van der Waals surface area contributed by atoms with Gasteiger partial charge in [0.15, 0.2) is 0 Å². The molecule has 0 aromatic heterocycles. The molecule has 0 radical (unpaired) electrons. The maximum atomic E-state index is 4.21. The number of nitrogens with zero attached hydrogens (tertiary/aromatic N) is 2. The van der Waals surface area contributed by atoms with Gasteiger partial charge in [0.05, 0.1) is 6.04 Å². The van der Waals surface area contributed by atoms with Gasteiger partial charge in [-0.25, -0.2) is 0 Å². The van der Waals surface area contributed by atoms with Crippen molar-refractivity contribution >= 4 is 12.3 Å². The summed E-state index contributed by atoms with van der Waals surface area (Å²) in [5, 5.41) is 6.16. The van der Waals surface area contributed by atoms with Gasteiger partial charge in [0.2, 0.25) is 0 Å². The normalized spacial score (nSPS) is 12.8. The Hall–Kier alpha value is -2.35. The van der Waals surface area contributed by atoms with Gasteiger partial charge in [-0.1, -0.05) is 67.6 Å². The molecular formula is C19H22N2. The SMILES string of the molecule is C=NN(/C=C(\C)c1ccccc1)C(CC)c1ccccc1. The molecular weight excluding hydrogens is 256 g/mol. The molecule has 2 rings (SSSR count). The zero-order valence-corrected chi connectivity index (χ0v) is 12.7. The van der Waals surface area contributed by atoms with Gasteiger partial charge in [-0.05, 0) is 30.0 Å². The highest BCUT2D eigenvalue weighted by Gasteiger charge is 2.15. The van der Waals surface area contributed by atoms with Crippen LogP contribution in [0.1, 0.15) is 37.4 Å². The molecule has 2 aromatic carbocycles. The van der Waals surface area contributed by atoms with Crippen LogP contribution in [0.15, 0.2) is 72.0 Å². The van der Waals surface area contributed by atoms with Crippen LogP contribution in [0.4, 0.5) is 0 Å². The summed E-state index contributed by atoms with van der Waals surface area (Å²) < 4.78 is 0. The van der Waals surface area contributed by atoms with Crippen molar-refractivity contribution in [3.63, 3.8) is 0 Å². The standard InChI is InChI=1S/C19H22N2/c1-4-19(18-13-9-6-10-14-18)21(20-3)15-16(2)17-11-7-5-8-12-17/h5-15,19H,3-4H2,1-2H3/b16-15+.